The van der Waals surface area contributed by atoms with E-state index in [1.165, 1.54) is 0 Å². The molecule has 0 heterocycles. The van der Waals surface area contributed by atoms with E-state index >= 15 is 0 Å². The Bertz CT molecular complexity index is 112. The molecular weight excluding hydrogens is 156 g/mol. The predicted molar refractivity (Wildman–Crippen MR) is 42.9 cm³/mol. The zero-order valence-corrected chi connectivity index (χ0v) is 7.68. The van der Waals surface area contributed by atoms with Gasteiger partial charge in [-0.15, -0.1) is 0 Å². The van der Waals surface area contributed by atoms with E-state index in [0.29, 0.717) is 5.75 Å². The van der Waals surface area contributed by atoms with Gasteiger partial charge >= 0.3 is 0 Å². The van der Waals surface area contributed by atoms with Crippen molar-refractivity contribution in [3.8, 4) is 0 Å². The average molecular weight is 169 g/mol. The van der Waals surface area contributed by atoms with Crippen LogP contribution in [0, 0.1) is 5.41 Å². The largest absolute Gasteiger partial charge is 0.243 e. The van der Waals surface area contributed by atoms with Crippen molar-refractivity contribution >= 4 is 20.7 Å². The highest BCUT2D eigenvalue weighted by Gasteiger charge is 2.17. The topological polar surface area (TPSA) is 17.1 Å². The van der Waals surface area contributed by atoms with Crippen LogP contribution in [-0.2, 0) is 10.0 Å². The summed E-state index contributed by atoms with van der Waals surface area (Å²) < 4.78 is 10.5. The van der Waals surface area contributed by atoms with E-state index in [0.717, 1.165) is 6.42 Å². The molecule has 0 rings (SSSR count). The Hall–Kier alpha value is 0.440. The normalized spacial score (nSPS) is 15.6. The Labute approximate surface area is 63.7 Å². The molecule has 0 aromatic heterocycles. The van der Waals surface area contributed by atoms with Crippen LogP contribution in [0.2, 0.25) is 0 Å². The van der Waals surface area contributed by atoms with Gasteiger partial charge in [0.2, 0.25) is 0 Å². The van der Waals surface area contributed by atoms with Gasteiger partial charge in [0, 0.05) is 5.75 Å². The van der Waals surface area contributed by atoms with E-state index in [1.807, 2.05) is 0 Å². The molecule has 0 spiro atoms. The van der Waals surface area contributed by atoms with E-state index in [-0.39, 0.29) is 5.41 Å². The van der Waals surface area contributed by atoms with Crippen molar-refractivity contribution in [3.05, 3.63) is 0 Å². The molecule has 3 heteroatoms. The van der Waals surface area contributed by atoms with Crippen LogP contribution in [0.25, 0.3) is 0 Å². The van der Waals surface area contributed by atoms with Crippen molar-refractivity contribution in [1.29, 1.82) is 0 Å². The summed E-state index contributed by atoms with van der Waals surface area (Å²) in [7, 11) is 4.15. The molecule has 56 valence electrons. The minimum absolute atomic E-state index is 0.132. The second-order valence-corrected chi connectivity index (χ2v) is 4.85. The number of rotatable bonds is 3. The van der Waals surface area contributed by atoms with Crippen LogP contribution < -0.4 is 0 Å². The number of hydrogen-bond donors (Lipinski definition) is 0. The summed E-state index contributed by atoms with van der Waals surface area (Å²) in [6, 6.07) is 0. The molecule has 0 fully saturated rings. The van der Waals surface area contributed by atoms with Crippen LogP contribution in [0.1, 0.15) is 27.2 Å². The average Bonchev–Trinajstić information content (AvgIpc) is 1.63. The first-order chi connectivity index (χ1) is 3.98. The molecule has 0 aliphatic carbocycles. The van der Waals surface area contributed by atoms with Gasteiger partial charge in [-0.3, -0.25) is 0 Å². The Morgan fingerprint density at radius 2 is 2.00 bits per heavy atom. The van der Waals surface area contributed by atoms with Crippen LogP contribution in [0.4, 0.5) is 0 Å². The summed E-state index contributed by atoms with van der Waals surface area (Å²) in [5.41, 5.74) is 0.132. The van der Waals surface area contributed by atoms with Crippen molar-refractivity contribution < 1.29 is 4.21 Å². The Balaban J connectivity index is 3.71. The van der Waals surface area contributed by atoms with Gasteiger partial charge in [0.25, 0.3) is 0 Å². The first-order valence-electron chi connectivity index (χ1n) is 3.02. The van der Waals surface area contributed by atoms with Crippen molar-refractivity contribution in [2.45, 2.75) is 27.2 Å². The van der Waals surface area contributed by atoms with E-state index in [1.54, 1.807) is 0 Å². The SMILES string of the molecule is CCC(C)(C)CS(=O)Cl. The minimum atomic E-state index is -1.16. The molecule has 0 amide bonds. The van der Waals surface area contributed by atoms with Crippen molar-refractivity contribution in [2.24, 2.45) is 5.41 Å². The molecule has 0 bridgehead atoms. The van der Waals surface area contributed by atoms with E-state index in [9.17, 15) is 4.21 Å². The minimum Gasteiger partial charge on any atom is -0.243 e. The smallest absolute Gasteiger partial charge is 0.115 e. The summed E-state index contributed by atoms with van der Waals surface area (Å²) >= 11 is 0. The fourth-order valence-electron chi connectivity index (χ4n) is 0.409. The third kappa shape index (κ3) is 4.91. The molecule has 1 unspecified atom stereocenters. The third-order valence-corrected chi connectivity index (χ3v) is 2.80. The standard InChI is InChI=1S/C6H13ClOS/c1-4-6(2,3)5-9(7)8/h4-5H2,1-3H3. The molecule has 1 nitrogen and oxygen atoms in total. The zero-order chi connectivity index (χ0) is 7.49. The highest BCUT2D eigenvalue weighted by atomic mass is 35.7. The molecule has 0 N–H and O–H groups in total. The van der Waals surface area contributed by atoms with Crippen molar-refractivity contribution in [1.82, 2.24) is 0 Å². The lowest BCUT2D eigenvalue weighted by Gasteiger charge is -2.19. The fourth-order valence-corrected chi connectivity index (χ4v) is 2.11. The van der Waals surface area contributed by atoms with Gasteiger partial charge in [-0.25, -0.2) is 4.21 Å². The van der Waals surface area contributed by atoms with E-state index in [4.69, 9.17) is 10.7 Å². The summed E-state index contributed by atoms with van der Waals surface area (Å²) in [4.78, 5) is 0. The number of halogens is 1. The van der Waals surface area contributed by atoms with Gasteiger partial charge in [0.1, 0.15) is 10.0 Å². The maximum atomic E-state index is 10.5. The summed E-state index contributed by atoms with van der Waals surface area (Å²) in [5, 5.41) is 0. The van der Waals surface area contributed by atoms with Crippen LogP contribution in [0.3, 0.4) is 0 Å². The molecule has 0 saturated heterocycles. The monoisotopic (exact) mass is 168 g/mol. The lowest BCUT2D eigenvalue weighted by Crippen LogP contribution is -2.16. The predicted octanol–water partition coefficient (Wildman–Crippen LogP) is 2.33. The molecular formula is C6H13ClOS. The first kappa shape index (κ1) is 9.44. The highest BCUT2D eigenvalue weighted by molar-refractivity contribution is 8.08. The van der Waals surface area contributed by atoms with Gasteiger partial charge in [0.05, 0.1) is 0 Å². The fraction of sp³-hybridized carbons (Fsp3) is 1.00. The van der Waals surface area contributed by atoms with Crippen molar-refractivity contribution in [3.63, 3.8) is 0 Å². The lowest BCUT2D eigenvalue weighted by atomic mass is 9.93. The zero-order valence-electron chi connectivity index (χ0n) is 6.11. The molecule has 1 atom stereocenters. The molecule has 0 aliphatic heterocycles. The van der Waals surface area contributed by atoms with E-state index < -0.39 is 10.0 Å². The maximum absolute atomic E-state index is 10.5. The Morgan fingerprint density at radius 1 is 1.56 bits per heavy atom. The highest BCUT2D eigenvalue weighted by Crippen LogP contribution is 2.21. The van der Waals surface area contributed by atoms with Crippen molar-refractivity contribution in [2.75, 3.05) is 5.75 Å². The van der Waals surface area contributed by atoms with Gasteiger partial charge in [-0.05, 0) is 16.1 Å². The van der Waals surface area contributed by atoms with Gasteiger partial charge < -0.3 is 0 Å². The Kier molecular flexibility index (Phi) is 3.74. The van der Waals surface area contributed by atoms with E-state index in [2.05, 4.69) is 20.8 Å². The van der Waals surface area contributed by atoms with Crippen LogP contribution in [-0.4, -0.2) is 9.96 Å². The second-order valence-electron chi connectivity index (χ2n) is 2.95. The second kappa shape index (κ2) is 3.57. The molecule has 0 saturated carbocycles. The number of hydrogen-bond acceptors (Lipinski definition) is 1. The lowest BCUT2D eigenvalue weighted by molar-refractivity contribution is 0.404. The van der Waals surface area contributed by atoms with Crippen LogP contribution >= 0.6 is 10.7 Å². The molecule has 0 aromatic carbocycles. The molecule has 0 radical (unpaired) electrons. The molecule has 0 aromatic rings. The van der Waals surface area contributed by atoms with Crippen LogP contribution in [0.15, 0.2) is 0 Å². The summed E-state index contributed by atoms with van der Waals surface area (Å²) in [5.74, 6) is 0.588. The molecule has 0 aliphatic rings. The Morgan fingerprint density at radius 3 is 2.11 bits per heavy atom. The first-order valence-corrected chi connectivity index (χ1v) is 5.17. The summed E-state index contributed by atoms with van der Waals surface area (Å²) in [6.07, 6.45) is 1.02. The quantitative estimate of drug-likeness (QED) is 0.592. The van der Waals surface area contributed by atoms with Gasteiger partial charge in [-0.2, -0.15) is 0 Å². The maximum Gasteiger partial charge on any atom is 0.115 e. The molecule has 9 heavy (non-hydrogen) atoms. The third-order valence-electron chi connectivity index (χ3n) is 1.46. The van der Waals surface area contributed by atoms with Crippen LogP contribution in [0.5, 0.6) is 0 Å². The van der Waals surface area contributed by atoms with Gasteiger partial charge in [-0.1, -0.05) is 27.2 Å². The summed E-state index contributed by atoms with van der Waals surface area (Å²) in [6.45, 7) is 6.20. The van der Waals surface area contributed by atoms with Gasteiger partial charge in [0.15, 0.2) is 0 Å².